The standard InChI is InChI=1S/C26H22N4O/c27-21-13-7-10-19(14-21)16-23-26(31)30-17-24(20-11-5-2-6-12-20)28-22(25(30)29-23)15-18-8-3-1-4-9-18/h1-14,17,31H,15-16,27H2. The highest BCUT2D eigenvalue weighted by molar-refractivity contribution is 5.63. The zero-order valence-corrected chi connectivity index (χ0v) is 16.9. The van der Waals surface area contributed by atoms with Crippen LogP contribution in [0.25, 0.3) is 16.9 Å². The largest absolute Gasteiger partial charge is 0.493 e. The van der Waals surface area contributed by atoms with Crippen LogP contribution in [-0.4, -0.2) is 19.5 Å². The van der Waals surface area contributed by atoms with Gasteiger partial charge in [0.15, 0.2) is 5.65 Å². The zero-order chi connectivity index (χ0) is 21.2. The smallest absolute Gasteiger partial charge is 0.219 e. The summed E-state index contributed by atoms with van der Waals surface area (Å²) in [5.41, 5.74) is 12.6. The molecule has 3 aromatic carbocycles. The molecule has 5 nitrogen and oxygen atoms in total. The minimum absolute atomic E-state index is 0.131. The number of aromatic hydroxyl groups is 1. The Labute approximate surface area is 180 Å². The van der Waals surface area contributed by atoms with Gasteiger partial charge in [-0.05, 0) is 23.3 Å². The van der Waals surface area contributed by atoms with E-state index in [1.54, 1.807) is 4.40 Å². The van der Waals surface area contributed by atoms with Gasteiger partial charge in [0, 0.05) is 30.3 Å². The summed E-state index contributed by atoms with van der Waals surface area (Å²) in [6, 6.07) is 27.8. The fraction of sp³-hybridized carbons (Fsp3) is 0.0769. The number of nitrogens with zero attached hydrogens (tertiary/aromatic N) is 3. The molecule has 2 heterocycles. The van der Waals surface area contributed by atoms with Crippen LogP contribution in [0.15, 0.2) is 91.1 Å². The van der Waals surface area contributed by atoms with E-state index in [9.17, 15) is 5.11 Å². The summed E-state index contributed by atoms with van der Waals surface area (Å²) in [5.74, 6) is 0.131. The van der Waals surface area contributed by atoms with Crippen molar-refractivity contribution in [2.24, 2.45) is 0 Å². The van der Waals surface area contributed by atoms with Crippen LogP contribution in [-0.2, 0) is 12.8 Å². The van der Waals surface area contributed by atoms with E-state index in [1.807, 2.05) is 79.0 Å². The van der Waals surface area contributed by atoms with Gasteiger partial charge in [-0.3, -0.25) is 4.40 Å². The van der Waals surface area contributed by atoms with Gasteiger partial charge in [-0.25, -0.2) is 9.97 Å². The molecule has 31 heavy (non-hydrogen) atoms. The molecule has 0 radical (unpaired) electrons. The third kappa shape index (κ3) is 3.85. The van der Waals surface area contributed by atoms with Gasteiger partial charge in [0.1, 0.15) is 5.69 Å². The molecule has 2 aromatic heterocycles. The predicted molar refractivity (Wildman–Crippen MR) is 123 cm³/mol. The Balaban J connectivity index is 1.65. The van der Waals surface area contributed by atoms with Gasteiger partial charge >= 0.3 is 0 Å². The number of aromatic nitrogens is 3. The molecule has 0 bridgehead atoms. The Morgan fingerprint density at radius 1 is 0.742 bits per heavy atom. The van der Waals surface area contributed by atoms with E-state index >= 15 is 0 Å². The normalized spacial score (nSPS) is 11.1. The van der Waals surface area contributed by atoms with Crippen LogP contribution < -0.4 is 5.73 Å². The molecule has 0 amide bonds. The molecule has 0 spiro atoms. The van der Waals surface area contributed by atoms with Crippen LogP contribution in [0.1, 0.15) is 22.5 Å². The van der Waals surface area contributed by atoms with E-state index < -0.39 is 0 Å². The maximum Gasteiger partial charge on any atom is 0.219 e. The molecule has 0 aliphatic rings. The van der Waals surface area contributed by atoms with Crippen LogP contribution in [0.5, 0.6) is 5.88 Å². The summed E-state index contributed by atoms with van der Waals surface area (Å²) in [7, 11) is 0. The minimum Gasteiger partial charge on any atom is -0.493 e. The first kappa shape index (κ1) is 18.9. The molecule has 3 N–H and O–H groups in total. The number of fused-ring (bicyclic) bond motifs is 1. The second-order valence-electron chi connectivity index (χ2n) is 7.60. The predicted octanol–water partition coefficient (Wildman–Crippen LogP) is 4.87. The van der Waals surface area contributed by atoms with E-state index in [0.29, 0.717) is 29.9 Å². The van der Waals surface area contributed by atoms with E-state index in [-0.39, 0.29) is 5.88 Å². The fourth-order valence-corrected chi connectivity index (χ4v) is 3.81. The summed E-state index contributed by atoms with van der Waals surface area (Å²) in [4.78, 5) is 9.71. The van der Waals surface area contributed by atoms with Gasteiger partial charge in [0.05, 0.1) is 11.4 Å². The Morgan fingerprint density at radius 2 is 1.42 bits per heavy atom. The average molecular weight is 406 g/mol. The first-order chi connectivity index (χ1) is 15.2. The van der Waals surface area contributed by atoms with Crippen molar-refractivity contribution in [2.75, 3.05) is 5.73 Å². The molecule has 5 rings (SSSR count). The fourth-order valence-electron chi connectivity index (χ4n) is 3.81. The number of hydrogen-bond donors (Lipinski definition) is 2. The average Bonchev–Trinajstić information content (AvgIpc) is 3.11. The summed E-state index contributed by atoms with van der Waals surface area (Å²) >= 11 is 0. The summed E-state index contributed by atoms with van der Waals surface area (Å²) in [6.07, 6.45) is 2.97. The molecular formula is C26H22N4O. The van der Waals surface area contributed by atoms with E-state index in [4.69, 9.17) is 15.7 Å². The van der Waals surface area contributed by atoms with Crippen LogP contribution >= 0.6 is 0 Å². The summed E-state index contributed by atoms with van der Waals surface area (Å²) in [5, 5.41) is 11.0. The maximum atomic E-state index is 11.0. The molecule has 0 atom stereocenters. The lowest BCUT2D eigenvalue weighted by atomic mass is 10.1. The van der Waals surface area contributed by atoms with Crippen LogP contribution in [0, 0.1) is 0 Å². The number of nitrogens with two attached hydrogens (primary N) is 1. The highest BCUT2D eigenvalue weighted by Gasteiger charge is 2.18. The zero-order valence-electron chi connectivity index (χ0n) is 16.9. The number of benzene rings is 3. The topological polar surface area (TPSA) is 76.4 Å². The maximum absolute atomic E-state index is 11.0. The Morgan fingerprint density at radius 3 is 2.16 bits per heavy atom. The SMILES string of the molecule is Nc1cccc(Cc2nc3c(Cc4ccccc4)nc(-c4ccccc4)cn3c2O)c1. The van der Waals surface area contributed by atoms with Gasteiger partial charge in [-0.1, -0.05) is 72.8 Å². The Hall–Kier alpha value is -4.12. The number of nitrogen functional groups attached to an aromatic ring is 1. The van der Waals surface area contributed by atoms with Crippen molar-refractivity contribution in [1.82, 2.24) is 14.4 Å². The third-order valence-corrected chi connectivity index (χ3v) is 5.33. The third-order valence-electron chi connectivity index (χ3n) is 5.33. The van der Waals surface area contributed by atoms with Crippen molar-refractivity contribution in [3.63, 3.8) is 0 Å². The summed E-state index contributed by atoms with van der Waals surface area (Å²) in [6.45, 7) is 0. The van der Waals surface area contributed by atoms with Crippen molar-refractivity contribution >= 4 is 11.3 Å². The molecule has 5 aromatic rings. The van der Waals surface area contributed by atoms with Crippen molar-refractivity contribution in [3.8, 4) is 17.1 Å². The van der Waals surface area contributed by atoms with Gasteiger partial charge in [-0.15, -0.1) is 0 Å². The molecular weight excluding hydrogens is 384 g/mol. The lowest BCUT2D eigenvalue weighted by Crippen LogP contribution is -2.00. The molecule has 0 unspecified atom stereocenters. The first-order valence-corrected chi connectivity index (χ1v) is 10.2. The van der Waals surface area contributed by atoms with Crippen molar-refractivity contribution < 1.29 is 5.11 Å². The summed E-state index contributed by atoms with van der Waals surface area (Å²) < 4.78 is 1.75. The highest BCUT2D eigenvalue weighted by Crippen LogP contribution is 2.28. The Bertz CT molecular complexity index is 1340. The number of rotatable bonds is 5. The molecule has 0 aliphatic heterocycles. The monoisotopic (exact) mass is 406 g/mol. The molecule has 0 saturated carbocycles. The van der Waals surface area contributed by atoms with Crippen LogP contribution in [0.4, 0.5) is 5.69 Å². The lowest BCUT2D eigenvalue weighted by molar-refractivity contribution is 0.442. The first-order valence-electron chi connectivity index (χ1n) is 10.2. The highest BCUT2D eigenvalue weighted by atomic mass is 16.3. The van der Waals surface area contributed by atoms with E-state index in [2.05, 4.69) is 12.1 Å². The van der Waals surface area contributed by atoms with Gasteiger partial charge in [0.2, 0.25) is 5.88 Å². The van der Waals surface area contributed by atoms with Gasteiger partial charge in [0.25, 0.3) is 0 Å². The molecule has 0 saturated heterocycles. The van der Waals surface area contributed by atoms with Crippen molar-refractivity contribution in [2.45, 2.75) is 12.8 Å². The second kappa shape index (κ2) is 7.95. The van der Waals surface area contributed by atoms with Crippen molar-refractivity contribution in [1.29, 1.82) is 0 Å². The van der Waals surface area contributed by atoms with Crippen molar-refractivity contribution in [3.05, 3.63) is 114 Å². The van der Waals surface area contributed by atoms with E-state index in [1.165, 1.54) is 0 Å². The lowest BCUT2D eigenvalue weighted by Gasteiger charge is -2.08. The number of hydrogen-bond acceptors (Lipinski definition) is 4. The van der Waals surface area contributed by atoms with E-state index in [0.717, 1.165) is 28.1 Å². The number of anilines is 1. The van der Waals surface area contributed by atoms with Crippen LogP contribution in [0.2, 0.25) is 0 Å². The molecule has 0 aliphatic carbocycles. The second-order valence-corrected chi connectivity index (χ2v) is 7.60. The molecule has 5 heteroatoms. The van der Waals surface area contributed by atoms with Gasteiger partial charge < -0.3 is 10.8 Å². The van der Waals surface area contributed by atoms with Gasteiger partial charge in [-0.2, -0.15) is 0 Å². The minimum atomic E-state index is 0.131. The van der Waals surface area contributed by atoms with Crippen LogP contribution in [0.3, 0.4) is 0 Å². The number of imidazole rings is 1. The molecule has 152 valence electrons. The Kier molecular flexibility index (Phi) is 4.84. The molecule has 0 fully saturated rings. The quantitative estimate of drug-likeness (QED) is 0.409.